The molecule has 92 valence electrons. The fraction of sp³-hybridized carbons (Fsp3) is 0.200. The van der Waals surface area contributed by atoms with Gasteiger partial charge in [0.25, 0.3) is 0 Å². The van der Waals surface area contributed by atoms with Gasteiger partial charge in [0.05, 0.1) is 5.56 Å². The van der Waals surface area contributed by atoms with Gasteiger partial charge >= 0.3 is 0 Å². The van der Waals surface area contributed by atoms with Gasteiger partial charge in [-0.3, -0.25) is 4.79 Å². The van der Waals surface area contributed by atoms with E-state index in [-0.39, 0.29) is 5.91 Å². The predicted molar refractivity (Wildman–Crippen MR) is 70.2 cm³/mol. The van der Waals surface area contributed by atoms with Crippen LogP contribution in [0.3, 0.4) is 0 Å². The Kier molecular flexibility index (Phi) is 3.42. The number of rotatable bonds is 3. The molecule has 0 radical (unpaired) electrons. The summed E-state index contributed by atoms with van der Waals surface area (Å²) < 4.78 is 2.08. The summed E-state index contributed by atoms with van der Waals surface area (Å²) in [4.78, 5) is 11.3. The summed E-state index contributed by atoms with van der Waals surface area (Å²) in [6, 6.07) is 10.2. The van der Waals surface area contributed by atoms with Crippen LogP contribution in [0, 0.1) is 13.8 Å². The monoisotopic (exact) mass is 241 g/mol. The Hall–Kier alpha value is -2.16. The number of nitrogens with two attached hydrogens (primary N) is 1. The third kappa shape index (κ3) is 2.56. The zero-order valence-electron chi connectivity index (χ0n) is 10.7. The molecular formula is C15H17N2O+. The average molecular weight is 241 g/mol. The first-order valence-corrected chi connectivity index (χ1v) is 5.92. The first-order chi connectivity index (χ1) is 8.58. The van der Waals surface area contributed by atoms with E-state index in [0.717, 1.165) is 17.7 Å². The highest BCUT2D eigenvalue weighted by Gasteiger charge is 2.14. The van der Waals surface area contributed by atoms with Gasteiger partial charge < -0.3 is 5.73 Å². The molecule has 2 N–H and O–H groups in total. The van der Waals surface area contributed by atoms with Crippen molar-refractivity contribution < 1.29 is 9.36 Å². The number of aromatic nitrogens is 1. The van der Waals surface area contributed by atoms with E-state index in [4.69, 9.17) is 5.73 Å². The second kappa shape index (κ2) is 5.00. The smallest absolute Gasteiger partial charge is 0.249 e. The molecule has 18 heavy (non-hydrogen) atoms. The van der Waals surface area contributed by atoms with Crippen molar-refractivity contribution in [3.63, 3.8) is 0 Å². The third-order valence-electron chi connectivity index (χ3n) is 2.96. The van der Waals surface area contributed by atoms with Gasteiger partial charge in [0, 0.05) is 16.7 Å². The Morgan fingerprint density at radius 3 is 2.17 bits per heavy atom. The number of carbonyl (C=O) groups excluding carboxylic acids is 1. The Bertz CT molecular complexity index is 553. The van der Waals surface area contributed by atoms with Crippen molar-refractivity contribution in [2.45, 2.75) is 20.4 Å². The first-order valence-electron chi connectivity index (χ1n) is 5.92. The largest absolute Gasteiger partial charge is 0.366 e. The number of aryl methyl sites for hydroxylation is 2. The van der Waals surface area contributed by atoms with Crippen molar-refractivity contribution in [1.29, 1.82) is 0 Å². The number of pyridine rings is 1. The lowest BCUT2D eigenvalue weighted by atomic mass is 10.1. The molecule has 0 aliphatic carbocycles. The van der Waals surface area contributed by atoms with Gasteiger partial charge in [-0.1, -0.05) is 30.3 Å². The van der Waals surface area contributed by atoms with Crippen molar-refractivity contribution in [3.05, 3.63) is 65.0 Å². The fourth-order valence-electron chi connectivity index (χ4n) is 2.25. The molecule has 0 aliphatic rings. The number of nitrogens with zero attached hydrogens (tertiary/aromatic N) is 1. The molecule has 1 amide bonds. The van der Waals surface area contributed by atoms with Crippen LogP contribution in [-0.2, 0) is 6.54 Å². The van der Waals surface area contributed by atoms with Crippen LogP contribution in [0.4, 0.5) is 0 Å². The lowest BCUT2D eigenvalue weighted by Gasteiger charge is -2.05. The predicted octanol–water partition coefficient (Wildman–Crippen LogP) is 1.74. The van der Waals surface area contributed by atoms with Gasteiger partial charge in [0.1, 0.15) is 0 Å². The maximum atomic E-state index is 11.3. The lowest BCUT2D eigenvalue weighted by molar-refractivity contribution is -0.689. The molecule has 0 bridgehead atoms. The number of primary amides is 1. The molecule has 2 rings (SSSR count). The zero-order chi connectivity index (χ0) is 13.1. The summed E-state index contributed by atoms with van der Waals surface area (Å²) in [6.07, 6.45) is 3.92. The molecule has 0 aliphatic heterocycles. The topological polar surface area (TPSA) is 47.0 Å². The van der Waals surface area contributed by atoms with E-state index in [1.807, 2.05) is 44.4 Å². The van der Waals surface area contributed by atoms with E-state index in [1.54, 1.807) is 0 Å². The van der Waals surface area contributed by atoms with Gasteiger partial charge in [0.15, 0.2) is 18.9 Å². The van der Waals surface area contributed by atoms with Crippen LogP contribution in [-0.4, -0.2) is 5.91 Å². The highest BCUT2D eigenvalue weighted by molar-refractivity contribution is 5.95. The highest BCUT2D eigenvalue weighted by Crippen LogP contribution is 2.10. The summed E-state index contributed by atoms with van der Waals surface area (Å²) in [5, 5.41) is 0. The van der Waals surface area contributed by atoms with Crippen molar-refractivity contribution in [3.8, 4) is 0 Å². The number of amides is 1. The maximum Gasteiger partial charge on any atom is 0.249 e. The lowest BCUT2D eigenvalue weighted by Crippen LogP contribution is -2.35. The normalized spacial score (nSPS) is 10.3. The minimum atomic E-state index is -0.364. The summed E-state index contributed by atoms with van der Waals surface area (Å²) in [7, 11) is 0. The van der Waals surface area contributed by atoms with Gasteiger partial charge in [-0.25, -0.2) is 4.57 Å². The summed E-state index contributed by atoms with van der Waals surface area (Å²) in [6.45, 7) is 4.62. The average Bonchev–Trinajstić information content (AvgIpc) is 2.28. The van der Waals surface area contributed by atoms with Gasteiger partial charge in [-0.05, 0) is 13.8 Å². The van der Waals surface area contributed by atoms with Gasteiger partial charge in [0.2, 0.25) is 5.91 Å². The number of hydrogen-bond donors (Lipinski definition) is 1. The molecule has 2 aromatic rings. The molecular weight excluding hydrogens is 224 g/mol. The van der Waals surface area contributed by atoms with Crippen LogP contribution in [0.5, 0.6) is 0 Å². The van der Waals surface area contributed by atoms with Crippen molar-refractivity contribution >= 4 is 5.91 Å². The summed E-state index contributed by atoms with van der Waals surface area (Å²) in [5.74, 6) is -0.364. The molecule has 0 fully saturated rings. The zero-order valence-corrected chi connectivity index (χ0v) is 10.7. The van der Waals surface area contributed by atoms with Gasteiger partial charge in [-0.15, -0.1) is 0 Å². The summed E-state index contributed by atoms with van der Waals surface area (Å²) in [5.41, 5.74) is 9.05. The van der Waals surface area contributed by atoms with E-state index in [9.17, 15) is 4.79 Å². The summed E-state index contributed by atoms with van der Waals surface area (Å²) >= 11 is 0. The maximum absolute atomic E-state index is 11.3. The minimum absolute atomic E-state index is 0.364. The Morgan fingerprint density at radius 2 is 1.67 bits per heavy atom. The van der Waals surface area contributed by atoms with Crippen LogP contribution >= 0.6 is 0 Å². The van der Waals surface area contributed by atoms with E-state index >= 15 is 0 Å². The fourth-order valence-corrected chi connectivity index (χ4v) is 2.25. The van der Waals surface area contributed by atoms with Crippen LogP contribution in [0.15, 0.2) is 42.7 Å². The Balaban J connectivity index is 2.34. The Labute approximate surface area is 107 Å². The second-order valence-electron chi connectivity index (χ2n) is 4.52. The highest BCUT2D eigenvalue weighted by atomic mass is 16.1. The van der Waals surface area contributed by atoms with Crippen molar-refractivity contribution in [1.82, 2.24) is 0 Å². The molecule has 0 atom stereocenters. The first kappa shape index (κ1) is 12.3. The van der Waals surface area contributed by atoms with E-state index < -0.39 is 0 Å². The second-order valence-corrected chi connectivity index (χ2v) is 4.52. The number of hydrogen-bond acceptors (Lipinski definition) is 1. The standard InChI is InChI=1S/C15H16N2O/c1-11-8-17(9-12(2)14(11)15(16)18)10-13-6-4-3-5-7-13/h3-9H,10H2,1-2H3,(H-,16,18)/p+1. The van der Waals surface area contributed by atoms with E-state index in [2.05, 4.69) is 16.7 Å². The van der Waals surface area contributed by atoms with Crippen LogP contribution in [0.2, 0.25) is 0 Å². The van der Waals surface area contributed by atoms with Crippen molar-refractivity contribution in [2.75, 3.05) is 0 Å². The van der Waals surface area contributed by atoms with E-state index in [1.165, 1.54) is 5.56 Å². The van der Waals surface area contributed by atoms with Crippen LogP contribution in [0.25, 0.3) is 0 Å². The molecule has 1 aromatic heterocycles. The van der Waals surface area contributed by atoms with Gasteiger partial charge in [-0.2, -0.15) is 0 Å². The molecule has 0 spiro atoms. The molecule has 3 heteroatoms. The number of benzene rings is 1. The molecule has 1 heterocycles. The molecule has 3 nitrogen and oxygen atoms in total. The SMILES string of the molecule is Cc1c[n+](Cc2ccccc2)cc(C)c1C(N)=O. The molecule has 1 aromatic carbocycles. The van der Waals surface area contributed by atoms with Crippen LogP contribution in [0.1, 0.15) is 27.0 Å². The van der Waals surface area contributed by atoms with E-state index in [0.29, 0.717) is 5.56 Å². The third-order valence-corrected chi connectivity index (χ3v) is 2.96. The molecule has 0 saturated carbocycles. The Morgan fingerprint density at radius 1 is 1.11 bits per heavy atom. The molecule has 0 unspecified atom stereocenters. The number of carbonyl (C=O) groups is 1. The minimum Gasteiger partial charge on any atom is -0.366 e. The van der Waals surface area contributed by atoms with Crippen LogP contribution < -0.4 is 10.3 Å². The quantitative estimate of drug-likeness (QED) is 0.817. The van der Waals surface area contributed by atoms with Crippen molar-refractivity contribution in [2.24, 2.45) is 5.73 Å². The molecule has 0 saturated heterocycles.